The Morgan fingerprint density at radius 2 is 1.89 bits per heavy atom. The third kappa shape index (κ3) is 5.11. The van der Waals surface area contributed by atoms with Crippen LogP contribution in [0.4, 0.5) is 0 Å². The second-order valence-electron chi connectivity index (χ2n) is 3.22. The molecule has 0 unspecified atom stereocenters. The molecule has 0 aliphatic heterocycles. The zero-order valence-electron chi connectivity index (χ0n) is 6.53. The minimum absolute atomic E-state index is 0.226. The number of hydrogen-bond acceptors (Lipinski definition) is 2. The van der Waals surface area contributed by atoms with Crippen molar-refractivity contribution < 1.29 is 0 Å². The van der Waals surface area contributed by atoms with Gasteiger partial charge in [0.1, 0.15) is 0 Å². The molecule has 0 aromatic rings. The quantitative estimate of drug-likeness (QED) is 0.592. The molecule has 0 aliphatic carbocycles. The highest BCUT2D eigenvalue weighted by Gasteiger charge is 2.15. The number of halogens is 1. The maximum atomic E-state index is 3.20. The highest BCUT2D eigenvalue weighted by atomic mass is 127. The van der Waals surface area contributed by atoms with Crippen LogP contribution in [-0.2, 0) is 0 Å². The Labute approximate surface area is 71.5 Å². The molecule has 1 N–H and O–H groups in total. The Kier molecular flexibility index (Phi) is 4.00. The largest absolute Gasteiger partial charge is 0.308 e. The van der Waals surface area contributed by atoms with Crippen LogP contribution in [0.25, 0.3) is 0 Å². The van der Waals surface area contributed by atoms with Gasteiger partial charge in [-0.1, -0.05) is 0 Å². The molecule has 0 rings (SSSR count). The number of likely N-dealkylation sites (N-methyl/N-ethyl adjacent to an activating group) is 1. The topological polar surface area (TPSA) is 15.3 Å². The highest BCUT2D eigenvalue weighted by molar-refractivity contribution is 14.1. The summed E-state index contributed by atoms with van der Waals surface area (Å²) < 4.78 is 3.20. The molecule has 2 nitrogen and oxygen atoms in total. The lowest BCUT2D eigenvalue weighted by molar-refractivity contribution is 0.308. The second-order valence-corrected chi connectivity index (χ2v) is 3.76. The first-order valence-electron chi connectivity index (χ1n) is 3.00. The van der Waals surface area contributed by atoms with Crippen molar-refractivity contribution in [1.82, 2.24) is 8.43 Å². The van der Waals surface area contributed by atoms with Crippen LogP contribution in [0.5, 0.6) is 0 Å². The number of rotatable bonds is 3. The fraction of sp³-hybridized carbons (Fsp3) is 1.00. The average molecular weight is 242 g/mol. The monoisotopic (exact) mass is 242 g/mol. The Morgan fingerprint density at radius 3 is 2.00 bits per heavy atom. The maximum absolute atomic E-state index is 3.20. The van der Waals surface area contributed by atoms with Crippen LogP contribution >= 0.6 is 22.9 Å². The van der Waals surface area contributed by atoms with E-state index in [2.05, 4.69) is 59.2 Å². The summed E-state index contributed by atoms with van der Waals surface area (Å²) in [4.78, 5) is 2.17. The molecule has 0 aliphatic rings. The molecule has 0 heterocycles. The van der Waals surface area contributed by atoms with Crippen LogP contribution in [0.3, 0.4) is 0 Å². The van der Waals surface area contributed by atoms with Gasteiger partial charge in [0.25, 0.3) is 0 Å². The third-order valence-electron chi connectivity index (χ3n) is 0.967. The number of nitrogens with zero attached hydrogens (tertiary/aromatic N) is 1. The standard InChI is InChI=1S/C6H15IN2/c1-6(2,8-7)5-9(3)4/h8H,5H2,1-4H3. The third-order valence-corrected chi connectivity index (χ3v) is 2.43. The number of nitrogens with one attached hydrogen (secondary N) is 1. The molecule has 0 radical (unpaired) electrons. The van der Waals surface area contributed by atoms with Crippen molar-refractivity contribution in [3.63, 3.8) is 0 Å². The van der Waals surface area contributed by atoms with Gasteiger partial charge in [-0.3, -0.25) is 3.53 Å². The molecule has 0 aromatic heterocycles. The van der Waals surface area contributed by atoms with E-state index < -0.39 is 0 Å². The van der Waals surface area contributed by atoms with E-state index in [1.807, 2.05) is 0 Å². The lowest BCUT2D eigenvalue weighted by Gasteiger charge is -2.26. The summed E-state index contributed by atoms with van der Waals surface area (Å²) in [6, 6.07) is 0. The van der Waals surface area contributed by atoms with Gasteiger partial charge in [0.15, 0.2) is 0 Å². The summed E-state index contributed by atoms with van der Waals surface area (Å²) in [5.41, 5.74) is 0.226. The van der Waals surface area contributed by atoms with Gasteiger partial charge in [-0.25, -0.2) is 0 Å². The lowest BCUT2D eigenvalue weighted by atomic mass is 10.1. The Hall–Kier alpha value is 0.650. The summed E-state index contributed by atoms with van der Waals surface area (Å²) in [7, 11) is 4.16. The lowest BCUT2D eigenvalue weighted by Crippen LogP contribution is -2.42. The van der Waals surface area contributed by atoms with Crippen molar-refractivity contribution in [1.29, 1.82) is 0 Å². The zero-order valence-corrected chi connectivity index (χ0v) is 8.69. The first-order chi connectivity index (χ1) is 3.98. The molecule has 9 heavy (non-hydrogen) atoms. The Balaban J connectivity index is 3.58. The summed E-state index contributed by atoms with van der Waals surface area (Å²) >= 11 is 2.19. The smallest absolute Gasteiger partial charge is 0.0344 e. The van der Waals surface area contributed by atoms with E-state index >= 15 is 0 Å². The molecule has 0 spiro atoms. The second kappa shape index (κ2) is 3.73. The van der Waals surface area contributed by atoms with Gasteiger partial charge in [0.2, 0.25) is 0 Å². The molecular formula is C6H15IN2. The zero-order chi connectivity index (χ0) is 7.49. The van der Waals surface area contributed by atoms with E-state index in [0.717, 1.165) is 6.54 Å². The predicted octanol–water partition coefficient (Wildman–Crippen LogP) is 1.27. The van der Waals surface area contributed by atoms with Crippen molar-refractivity contribution >= 4 is 22.9 Å². The molecule has 3 heteroatoms. The SMILES string of the molecule is CN(C)CC(C)(C)NI. The van der Waals surface area contributed by atoms with Gasteiger partial charge in [-0.15, -0.1) is 0 Å². The minimum atomic E-state index is 0.226. The molecule has 0 bridgehead atoms. The molecule has 0 atom stereocenters. The van der Waals surface area contributed by atoms with Crippen LogP contribution in [0.1, 0.15) is 13.8 Å². The molecule has 0 aromatic carbocycles. The molecule has 0 saturated heterocycles. The summed E-state index contributed by atoms with van der Waals surface area (Å²) in [6.07, 6.45) is 0. The molecule has 0 amide bonds. The summed E-state index contributed by atoms with van der Waals surface area (Å²) in [6.45, 7) is 5.43. The average Bonchev–Trinajstić information content (AvgIpc) is 1.63. The fourth-order valence-corrected chi connectivity index (χ4v) is 0.991. The van der Waals surface area contributed by atoms with Gasteiger partial charge in [0, 0.05) is 34.9 Å². The van der Waals surface area contributed by atoms with Crippen molar-refractivity contribution in [2.75, 3.05) is 20.6 Å². The van der Waals surface area contributed by atoms with Crippen LogP contribution in [0.2, 0.25) is 0 Å². The van der Waals surface area contributed by atoms with Gasteiger partial charge < -0.3 is 4.90 Å². The van der Waals surface area contributed by atoms with Gasteiger partial charge >= 0.3 is 0 Å². The van der Waals surface area contributed by atoms with E-state index in [0.29, 0.717) is 0 Å². The van der Waals surface area contributed by atoms with Crippen molar-refractivity contribution in [2.24, 2.45) is 0 Å². The van der Waals surface area contributed by atoms with Crippen molar-refractivity contribution in [3.05, 3.63) is 0 Å². The van der Waals surface area contributed by atoms with Gasteiger partial charge in [0.05, 0.1) is 0 Å². The van der Waals surface area contributed by atoms with Crippen LogP contribution in [0.15, 0.2) is 0 Å². The summed E-state index contributed by atoms with van der Waals surface area (Å²) in [5.74, 6) is 0. The Bertz CT molecular complexity index is 81.1. The molecule has 56 valence electrons. The van der Waals surface area contributed by atoms with Gasteiger partial charge in [-0.05, 0) is 27.9 Å². The van der Waals surface area contributed by atoms with Gasteiger partial charge in [-0.2, -0.15) is 0 Å². The molecule has 0 saturated carbocycles. The first kappa shape index (κ1) is 9.65. The van der Waals surface area contributed by atoms with E-state index in [1.54, 1.807) is 0 Å². The van der Waals surface area contributed by atoms with E-state index in [1.165, 1.54) is 0 Å². The van der Waals surface area contributed by atoms with E-state index in [9.17, 15) is 0 Å². The van der Waals surface area contributed by atoms with Crippen molar-refractivity contribution in [2.45, 2.75) is 19.4 Å². The normalized spacial score (nSPS) is 12.7. The Morgan fingerprint density at radius 1 is 1.44 bits per heavy atom. The molecule has 0 fully saturated rings. The van der Waals surface area contributed by atoms with E-state index in [4.69, 9.17) is 0 Å². The van der Waals surface area contributed by atoms with E-state index in [-0.39, 0.29) is 5.54 Å². The maximum Gasteiger partial charge on any atom is 0.0344 e. The highest BCUT2D eigenvalue weighted by Crippen LogP contribution is 2.04. The first-order valence-corrected chi connectivity index (χ1v) is 4.08. The summed E-state index contributed by atoms with van der Waals surface area (Å²) in [5, 5.41) is 0. The fourth-order valence-electron chi connectivity index (χ4n) is 0.820. The molecular weight excluding hydrogens is 227 g/mol. The van der Waals surface area contributed by atoms with Crippen LogP contribution in [-0.4, -0.2) is 31.1 Å². The van der Waals surface area contributed by atoms with Crippen LogP contribution in [0, 0.1) is 0 Å². The number of hydrogen-bond donors (Lipinski definition) is 1. The predicted molar refractivity (Wildman–Crippen MR) is 49.8 cm³/mol. The van der Waals surface area contributed by atoms with Crippen molar-refractivity contribution in [3.8, 4) is 0 Å². The minimum Gasteiger partial charge on any atom is -0.308 e. The van der Waals surface area contributed by atoms with Crippen LogP contribution < -0.4 is 3.53 Å².